The molecule has 2 heterocycles. The molecular weight excluding hydrogens is 428 g/mol. The lowest BCUT2D eigenvalue weighted by Crippen LogP contribution is -2.59. The van der Waals surface area contributed by atoms with Crippen molar-refractivity contribution < 1.29 is 55.1 Å². The van der Waals surface area contributed by atoms with Gasteiger partial charge in [0.15, 0.2) is 17.3 Å². The highest BCUT2D eigenvalue weighted by molar-refractivity contribution is 5.71. The smallest absolute Gasteiger partial charge is 0.228 e. The second kappa shape index (κ2) is 8.37. The number of fused-ring (bicyclic) bond motifs is 1. The molecule has 32 heavy (non-hydrogen) atoms. The topological polar surface area (TPSA) is 190 Å². The highest BCUT2D eigenvalue weighted by Gasteiger charge is 2.45. The van der Waals surface area contributed by atoms with Crippen molar-refractivity contribution in [2.24, 2.45) is 0 Å². The first kappa shape index (κ1) is 22.0. The molecule has 5 atom stereocenters. The first-order chi connectivity index (χ1) is 15.2. The number of ether oxygens (including phenoxy) is 3. The molecule has 2 aliphatic heterocycles. The van der Waals surface area contributed by atoms with Crippen LogP contribution in [0.3, 0.4) is 0 Å². The third-order valence-electron chi connectivity index (χ3n) is 5.32. The van der Waals surface area contributed by atoms with Crippen LogP contribution in [0.2, 0.25) is 0 Å². The average Bonchev–Trinajstić information content (AvgIpc) is 2.76. The average molecular weight is 450 g/mol. The predicted molar refractivity (Wildman–Crippen MR) is 106 cm³/mol. The van der Waals surface area contributed by atoms with Crippen molar-refractivity contribution in [3.63, 3.8) is 0 Å². The number of phenolic OH excluding ortho intramolecular Hbond substituents is 4. The van der Waals surface area contributed by atoms with Crippen LogP contribution >= 0.6 is 0 Å². The van der Waals surface area contributed by atoms with Gasteiger partial charge in [0.25, 0.3) is 0 Å². The number of hydrogen-bond acceptors (Lipinski definition) is 11. The minimum Gasteiger partial charge on any atom is -0.508 e. The molecule has 2 aliphatic rings. The third kappa shape index (κ3) is 3.87. The van der Waals surface area contributed by atoms with Crippen molar-refractivity contribution >= 4 is 5.76 Å². The molecule has 4 rings (SSSR count). The molecule has 0 radical (unpaired) electrons. The fourth-order valence-electron chi connectivity index (χ4n) is 3.58. The Balaban J connectivity index is 1.75. The Hall–Kier alpha value is -3.22. The Kier molecular flexibility index (Phi) is 5.75. The van der Waals surface area contributed by atoms with Gasteiger partial charge < -0.3 is 55.1 Å². The summed E-state index contributed by atoms with van der Waals surface area (Å²) in [6.07, 6.45) is -7.77. The van der Waals surface area contributed by atoms with Gasteiger partial charge in [-0.25, -0.2) is 0 Å². The van der Waals surface area contributed by atoms with Crippen LogP contribution in [0.1, 0.15) is 11.1 Å². The van der Waals surface area contributed by atoms with E-state index in [0.29, 0.717) is 0 Å². The van der Waals surface area contributed by atoms with Crippen molar-refractivity contribution in [2.45, 2.75) is 37.1 Å². The van der Waals surface area contributed by atoms with Gasteiger partial charge in [0, 0.05) is 29.7 Å². The lowest BCUT2D eigenvalue weighted by atomic mass is 9.98. The van der Waals surface area contributed by atoms with E-state index in [1.165, 1.54) is 24.3 Å². The molecule has 8 N–H and O–H groups in total. The first-order valence-corrected chi connectivity index (χ1v) is 9.65. The van der Waals surface area contributed by atoms with E-state index < -0.39 is 43.1 Å². The first-order valence-electron chi connectivity index (χ1n) is 9.65. The number of aliphatic hydroxyl groups excluding tert-OH is 4. The lowest BCUT2D eigenvalue weighted by Gasteiger charge is -2.40. The zero-order chi connectivity index (χ0) is 23.2. The lowest BCUT2D eigenvalue weighted by molar-refractivity contribution is -0.291. The van der Waals surface area contributed by atoms with Crippen LogP contribution in [0.4, 0.5) is 0 Å². The van der Waals surface area contributed by atoms with Crippen molar-refractivity contribution in [3.05, 3.63) is 47.2 Å². The summed E-state index contributed by atoms with van der Waals surface area (Å²) in [6.45, 7) is -0.651. The molecule has 0 spiro atoms. The maximum Gasteiger partial charge on any atom is 0.228 e. The summed E-state index contributed by atoms with van der Waals surface area (Å²) in [7, 11) is 0. The van der Waals surface area contributed by atoms with Crippen molar-refractivity contribution in [1.29, 1.82) is 0 Å². The quantitative estimate of drug-likeness (QED) is 0.284. The van der Waals surface area contributed by atoms with Crippen molar-refractivity contribution in [2.75, 3.05) is 6.61 Å². The van der Waals surface area contributed by atoms with Crippen LogP contribution < -0.4 is 4.74 Å². The molecule has 0 aromatic heterocycles. The Morgan fingerprint density at radius 1 is 0.875 bits per heavy atom. The van der Waals surface area contributed by atoms with E-state index in [9.17, 15) is 40.9 Å². The molecule has 11 nitrogen and oxygen atoms in total. The van der Waals surface area contributed by atoms with E-state index >= 15 is 0 Å². The Morgan fingerprint density at radius 2 is 1.62 bits per heavy atom. The van der Waals surface area contributed by atoms with Crippen LogP contribution in [-0.4, -0.2) is 78.2 Å². The fraction of sp³-hybridized carbons (Fsp3) is 0.333. The Labute approximate surface area is 181 Å². The van der Waals surface area contributed by atoms with Crippen LogP contribution in [0.25, 0.3) is 5.76 Å². The zero-order valence-electron chi connectivity index (χ0n) is 16.5. The maximum atomic E-state index is 10.3. The van der Waals surface area contributed by atoms with Gasteiger partial charge in [-0.3, -0.25) is 0 Å². The van der Waals surface area contributed by atoms with Crippen molar-refractivity contribution in [3.8, 4) is 28.7 Å². The summed E-state index contributed by atoms with van der Waals surface area (Å²) >= 11 is 0. The molecule has 5 unspecified atom stereocenters. The van der Waals surface area contributed by atoms with Crippen molar-refractivity contribution in [1.82, 2.24) is 0 Å². The van der Waals surface area contributed by atoms with E-state index in [1.807, 2.05) is 0 Å². The van der Waals surface area contributed by atoms with Gasteiger partial charge in [-0.15, -0.1) is 0 Å². The number of aliphatic hydroxyl groups is 4. The fourth-order valence-corrected chi connectivity index (χ4v) is 3.58. The van der Waals surface area contributed by atoms with Gasteiger partial charge in [0.2, 0.25) is 6.29 Å². The van der Waals surface area contributed by atoms with E-state index in [2.05, 4.69) is 0 Å². The SMILES string of the molecule is OCC1OC(OC2=C(c3ccc(O)c(O)c3)Oc3cc(O)cc(O)c3C2)C(O)C(O)C1O. The second-order valence-electron chi connectivity index (χ2n) is 7.49. The molecule has 2 aromatic carbocycles. The highest BCUT2D eigenvalue weighted by Crippen LogP contribution is 2.43. The van der Waals surface area contributed by atoms with Gasteiger partial charge in [-0.1, -0.05) is 0 Å². The molecular formula is C21H22O11. The number of aromatic hydroxyl groups is 4. The van der Waals surface area contributed by atoms with E-state index in [0.717, 1.165) is 6.07 Å². The summed E-state index contributed by atoms with van der Waals surface area (Å²) in [5.74, 6) is -1.25. The number of phenols is 4. The largest absolute Gasteiger partial charge is 0.508 e. The predicted octanol–water partition coefficient (Wildman–Crippen LogP) is -0.371. The highest BCUT2D eigenvalue weighted by atomic mass is 16.7. The number of rotatable bonds is 4. The minimum atomic E-state index is -1.69. The van der Waals surface area contributed by atoms with E-state index in [4.69, 9.17) is 14.2 Å². The van der Waals surface area contributed by atoms with Gasteiger partial charge in [-0.2, -0.15) is 0 Å². The third-order valence-corrected chi connectivity index (χ3v) is 5.32. The summed E-state index contributed by atoms with van der Waals surface area (Å²) in [4.78, 5) is 0. The van der Waals surface area contributed by atoms with Crippen LogP contribution in [0, 0.1) is 0 Å². The molecule has 1 fully saturated rings. The molecule has 11 heteroatoms. The molecule has 2 aromatic rings. The molecule has 0 amide bonds. The number of hydrogen-bond donors (Lipinski definition) is 8. The molecule has 0 aliphatic carbocycles. The molecule has 0 bridgehead atoms. The minimum absolute atomic E-state index is 0.00732. The summed E-state index contributed by atoms with van der Waals surface area (Å²) < 4.78 is 16.9. The summed E-state index contributed by atoms with van der Waals surface area (Å²) in [6, 6.07) is 6.18. The van der Waals surface area contributed by atoms with Gasteiger partial charge >= 0.3 is 0 Å². The van der Waals surface area contributed by atoms with E-state index in [1.54, 1.807) is 0 Å². The van der Waals surface area contributed by atoms with Crippen LogP contribution in [0.15, 0.2) is 36.1 Å². The zero-order valence-corrected chi connectivity index (χ0v) is 16.5. The van der Waals surface area contributed by atoms with Gasteiger partial charge in [-0.05, 0) is 18.2 Å². The Bertz CT molecular complexity index is 1050. The van der Waals surface area contributed by atoms with Crippen LogP contribution in [-0.2, 0) is 15.9 Å². The van der Waals surface area contributed by atoms with E-state index in [-0.39, 0.29) is 52.1 Å². The molecule has 172 valence electrons. The number of allylic oxidation sites excluding steroid dienone is 1. The molecule has 0 saturated carbocycles. The summed E-state index contributed by atoms with van der Waals surface area (Å²) in [5.41, 5.74) is 0.488. The normalized spacial score (nSPS) is 27.6. The standard InChI is InChI=1S/C21H22O11/c22-7-16-17(27)18(28)19(29)21(32-16)31-15-6-10-12(25)4-9(23)5-14(10)30-20(15)8-1-2-11(24)13(26)3-8/h1-5,16-19,21-29H,6-7H2. The van der Waals surface area contributed by atoms with Gasteiger partial charge in [0.1, 0.15) is 47.4 Å². The second-order valence-corrected chi connectivity index (χ2v) is 7.49. The van der Waals surface area contributed by atoms with Crippen LogP contribution in [0.5, 0.6) is 28.7 Å². The maximum absolute atomic E-state index is 10.3. The summed E-state index contributed by atoms with van der Waals surface area (Å²) in [5, 5.41) is 79.2. The number of benzene rings is 2. The monoisotopic (exact) mass is 450 g/mol. The molecule has 1 saturated heterocycles. The Morgan fingerprint density at radius 3 is 2.31 bits per heavy atom. The van der Waals surface area contributed by atoms with Gasteiger partial charge in [0.05, 0.1) is 6.61 Å².